The van der Waals surface area contributed by atoms with Crippen LogP contribution in [0.25, 0.3) is 0 Å². The van der Waals surface area contributed by atoms with Crippen LogP contribution in [0.4, 0.5) is 8.78 Å². The highest BCUT2D eigenvalue weighted by molar-refractivity contribution is 5.94. The largest absolute Gasteiger partial charge is 0.337 e. The molecule has 0 bridgehead atoms. The molecule has 0 saturated carbocycles. The maximum atomic E-state index is 13.9. The maximum Gasteiger partial charge on any atom is 0.256 e. The molecule has 0 atom stereocenters. The molecule has 0 aliphatic heterocycles. The molecule has 0 spiro atoms. The normalized spacial score (nSPS) is 10.6. The molecule has 2 rings (SSSR count). The second-order valence-electron chi connectivity index (χ2n) is 5.40. The molecule has 5 heteroatoms. The number of hydrogen-bond donors (Lipinski definition) is 1. The van der Waals surface area contributed by atoms with Gasteiger partial charge in [0, 0.05) is 25.7 Å². The van der Waals surface area contributed by atoms with E-state index in [1.165, 1.54) is 17.9 Å². The summed E-state index contributed by atoms with van der Waals surface area (Å²) in [5.41, 5.74) is 6.76. The van der Waals surface area contributed by atoms with Crippen LogP contribution in [0.3, 0.4) is 0 Å². The van der Waals surface area contributed by atoms with Crippen LogP contribution in [-0.2, 0) is 6.42 Å². The first kappa shape index (κ1) is 17.1. The Morgan fingerprint density at radius 3 is 2.43 bits per heavy atom. The summed E-state index contributed by atoms with van der Waals surface area (Å²) in [4.78, 5) is 14.1. The number of amides is 1. The molecule has 0 aliphatic carbocycles. The van der Waals surface area contributed by atoms with E-state index in [2.05, 4.69) is 0 Å². The van der Waals surface area contributed by atoms with Crippen molar-refractivity contribution in [2.45, 2.75) is 13.3 Å². The fraction of sp³-hybridized carbons (Fsp3) is 0.278. The summed E-state index contributed by atoms with van der Waals surface area (Å²) in [5, 5.41) is 0. The fourth-order valence-electron chi connectivity index (χ4n) is 2.37. The van der Waals surface area contributed by atoms with Gasteiger partial charge in [-0.1, -0.05) is 30.3 Å². The minimum atomic E-state index is -0.847. The van der Waals surface area contributed by atoms with Crippen LogP contribution in [0.15, 0.2) is 42.5 Å². The van der Waals surface area contributed by atoms with E-state index >= 15 is 0 Å². The monoisotopic (exact) mass is 318 g/mol. The molecule has 0 unspecified atom stereocenters. The summed E-state index contributed by atoms with van der Waals surface area (Å²) in [6, 6.07) is 11.7. The van der Waals surface area contributed by atoms with E-state index in [0.717, 1.165) is 11.6 Å². The van der Waals surface area contributed by atoms with Crippen molar-refractivity contribution in [2.75, 3.05) is 19.6 Å². The third-order valence-electron chi connectivity index (χ3n) is 3.68. The summed E-state index contributed by atoms with van der Waals surface area (Å²) in [5.74, 6) is -1.97. The smallest absolute Gasteiger partial charge is 0.256 e. The van der Waals surface area contributed by atoms with Crippen molar-refractivity contribution in [3.63, 3.8) is 0 Å². The first-order chi connectivity index (χ1) is 11.0. The highest BCUT2D eigenvalue weighted by Gasteiger charge is 2.20. The second kappa shape index (κ2) is 7.83. The number of halogens is 2. The van der Waals surface area contributed by atoms with E-state index in [1.807, 2.05) is 30.3 Å². The van der Waals surface area contributed by atoms with E-state index in [4.69, 9.17) is 5.73 Å². The zero-order chi connectivity index (χ0) is 16.8. The molecule has 3 nitrogen and oxygen atoms in total. The molecular formula is C18H20F2N2O. The van der Waals surface area contributed by atoms with Gasteiger partial charge in [0.05, 0.1) is 5.56 Å². The van der Waals surface area contributed by atoms with E-state index in [0.29, 0.717) is 19.5 Å². The molecule has 0 aromatic heterocycles. The SMILES string of the molecule is Cc1cc(C(=O)N(CCN)CCc2ccccc2)c(F)cc1F. The van der Waals surface area contributed by atoms with Crippen molar-refractivity contribution >= 4 is 5.91 Å². The van der Waals surface area contributed by atoms with Gasteiger partial charge >= 0.3 is 0 Å². The molecular weight excluding hydrogens is 298 g/mol. The zero-order valence-corrected chi connectivity index (χ0v) is 13.1. The lowest BCUT2D eigenvalue weighted by Gasteiger charge is -2.22. The molecule has 2 aromatic rings. The van der Waals surface area contributed by atoms with Crippen LogP contribution in [0.1, 0.15) is 21.5 Å². The van der Waals surface area contributed by atoms with Gasteiger partial charge in [-0.15, -0.1) is 0 Å². The van der Waals surface area contributed by atoms with Gasteiger partial charge < -0.3 is 10.6 Å². The number of benzene rings is 2. The number of carbonyl (C=O) groups excluding carboxylic acids is 1. The molecule has 0 heterocycles. The minimum absolute atomic E-state index is 0.120. The van der Waals surface area contributed by atoms with E-state index < -0.39 is 17.5 Å². The molecule has 0 radical (unpaired) electrons. The lowest BCUT2D eigenvalue weighted by molar-refractivity contribution is 0.0757. The zero-order valence-electron chi connectivity index (χ0n) is 13.1. The predicted octanol–water partition coefficient (Wildman–Crippen LogP) is 2.92. The Labute approximate surface area is 134 Å². The Balaban J connectivity index is 2.16. The summed E-state index contributed by atoms with van der Waals surface area (Å²) >= 11 is 0. The number of rotatable bonds is 6. The van der Waals surface area contributed by atoms with E-state index in [9.17, 15) is 13.6 Å². The minimum Gasteiger partial charge on any atom is -0.337 e. The van der Waals surface area contributed by atoms with Gasteiger partial charge in [-0.3, -0.25) is 4.79 Å². The first-order valence-electron chi connectivity index (χ1n) is 7.52. The van der Waals surface area contributed by atoms with Gasteiger partial charge in [-0.05, 0) is 30.5 Å². The van der Waals surface area contributed by atoms with Gasteiger partial charge in [0.2, 0.25) is 0 Å². The van der Waals surface area contributed by atoms with E-state index in [1.54, 1.807) is 0 Å². The Bertz CT molecular complexity index is 674. The summed E-state index contributed by atoms with van der Waals surface area (Å²) in [7, 11) is 0. The lowest BCUT2D eigenvalue weighted by Crippen LogP contribution is -2.37. The van der Waals surface area contributed by atoms with Crippen molar-refractivity contribution in [3.8, 4) is 0 Å². The number of carbonyl (C=O) groups is 1. The summed E-state index contributed by atoms with van der Waals surface area (Å²) in [6.45, 7) is 2.53. The Morgan fingerprint density at radius 2 is 1.78 bits per heavy atom. The van der Waals surface area contributed by atoms with Crippen LogP contribution in [0, 0.1) is 18.6 Å². The third-order valence-corrected chi connectivity index (χ3v) is 3.68. The highest BCUT2D eigenvalue weighted by atomic mass is 19.1. The molecule has 0 fully saturated rings. The number of nitrogens with two attached hydrogens (primary N) is 1. The fourth-order valence-corrected chi connectivity index (χ4v) is 2.37. The molecule has 1 amide bonds. The summed E-state index contributed by atoms with van der Waals surface area (Å²) in [6.07, 6.45) is 0.647. The van der Waals surface area contributed by atoms with Crippen LogP contribution in [0.2, 0.25) is 0 Å². The van der Waals surface area contributed by atoms with Crippen LogP contribution >= 0.6 is 0 Å². The summed E-state index contributed by atoms with van der Waals surface area (Å²) < 4.78 is 27.3. The third kappa shape index (κ3) is 4.36. The lowest BCUT2D eigenvalue weighted by atomic mass is 10.1. The molecule has 0 saturated heterocycles. The standard InChI is InChI=1S/C18H20F2N2O/c1-13-11-15(17(20)12-16(13)19)18(23)22(10-8-21)9-7-14-5-3-2-4-6-14/h2-6,11-12H,7-10,21H2,1H3. The van der Waals surface area contributed by atoms with Crippen molar-refractivity contribution in [1.82, 2.24) is 4.90 Å². The quantitative estimate of drug-likeness (QED) is 0.890. The predicted molar refractivity (Wildman–Crippen MR) is 86.2 cm³/mol. The number of aryl methyl sites for hydroxylation is 1. The number of hydrogen-bond acceptors (Lipinski definition) is 2. The Morgan fingerprint density at radius 1 is 1.09 bits per heavy atom. The van der Waals surface area contributed by atoms with Crippen molar-refractivity contribution in [2.24, 2.45) is 5.73 Å². The van der Waals surface area contributed by atoms with Gasteiger partial charge in [0.1, 0.15) is 11.6 Å². The van der Waals surface area contributed by atoms with E-state index in [-0.39, 0.29) is 17.7 Å². The van der Waals surface area contributed by atoms with Gasteiger partial charge in [-0.2, -0.15) is 0 Å². The molecule has 2 aromatic carbocycles. The number of nitrogens with zero attached hydrogens (tertiary/aromatic N) is 1. The molecule has 2 N–H and O–H groups in total. The molecule has 23 heavy (non-hydrogen) atoms. The topological polar surface area (TPSA) is 46.3 Å². The average Bonchev–Trinajstić information content (AvgIpc) is 2.55. The molecule has 122 valence electrons. The van der Waals surface area contributed by atoms with Crippen LogP contribution in [0.5, 0.6) is 0 Å². The van der Waals surface area contributed by atoms with Crippen molar-refractivity contribution in [3.05, 3.63) is 70.8 Å². The first-order valence-corrected chi connectivity index (χ1v) is 7.52. The van der Waals surface area contributed by atoms with Gasteiger partial charge in [0.25, 0.3) is 5.91 Å². The highest BCUT2D eigenvalue weighted by Crippen LogP contribution is 2.16. The Kier molecular flexibility index (Phi) is 5.82. The van der Waals surface area contributed by atoms with Gasteiger partial charge in [0.15, 0.2) is 0 Å². The maximum absolute atomic E-state index is 13.9. The van der Waals surface area contributed by atoms with Crippen LogP contribution in [-0.4, -0.2) is 30.4 Å². The van der Waals surface area contributed by atoms with Gasteiger partial charge in [-0.25, -0.2) is 8.78 Å². The van der Waals surface area contributed by atoms with Crippen molar-refractivity contribution in [1.29, 1.82) is 0 Å². The van der Waals surface area contributed by atoms with Crippen LogP contribution < -0.4 is 5.73 Å². The second-order valence-corrected chi connectivity index (χ2v) is 5.40. The average molecular weight is 318 g/mol. The van der Waals surface area contributed by atoms with Crippen molar-refractivity contribution < 1.29 is 13.6 Å². The Hall–Kier alpha value is -2.27. The molecule has 0 aliphatic rings.